The van der Waals surface area contributed by atoms with Gasteiger partial charge in [0.25, 0.3) is 5.91 Å². The highest BCUT2D eigenvalue weighted by Crippen LogP contribution is 2.26. The average molecular weight is 467 g/mol. The van der Waals surface area contributed by atoms with Crippen molar-refractivity contribution in [2.24, 2.45) is 0 Å². The summed E-state index contributed by atoms with van der Waals surface area (Å²) < 4.78 is 33.8. The number of carbonyl (C=O) groups is 1. The second-order valence-electron chi connectivity index (χ2n) is 8.16. The Balaban J connectivity index is 1.83. The molecule has 3 rings (SSSR count). The molecule has 1 amide bonds. The van der Waals surface area contributed by atoms with E-state index in [1.54, 1.807) is 6.07 Å². The second-order valence-corrected chi connectivity index (χ2v) is 9.90. The van der Waals surface area contributed by atoms with Gasteiger partial charge < -0.3 is 10.1 Å². The van der Waals surface area contributed by atoms with Crippen molar-refractivity contribution in [3.8, 4) is 5.75 Å². The van der Waals surface area contributed by atoms with Crippen LogP contribution in [-0.2, 0) is 16.6 Å². The molecular weight excluding hydrogens is 436 g/mol. The van der Waals surface area contributed by atoms with Crippen LogP contribution < -0.4 is 14.8 Å². The van der Waals surface area contributed by atoms with E-state index in [-0.39, 0.29) is 34.7 Å². The lowest BCUT2D eigenvalue weighted by Crippen LogP contribution is -2.28. The molecule has 0 radical (unpaired) electrons. The van der Waals surface area contributed by atoms with Gasteiger partial charge in [-0.15, -0.1) is 0 Å². The molecule has 0 bridgehead atoms. The number of amides is 1. The maximum absolute atomic E-state index is 13.0. The zero-order valence-corrected chi connectivity index (χ0v) is 20.4. The maximum Gasteiger partial charge on any atom is 0.251 e. The number of aryl methyl sites for hydroxylation is 3. The number of benzene rings is 3. The first-order valence-electron chi connectivity index (χ1n) is 10.7. The summed E-state index contributed by atoms with van der Waals surface area (Å²) in [6.07, 6.45) is 0. The molecule has 0 aliphatic carbocycles. The van der Waals surface area contributed by atoms with Crippen molar-refractivity contribution in [1.82, 2.24) is 10.0 Å². The molecule has 0 spiro atoms. The van der Waals surface area contributed by atoms with E-state index >= 15 is 0 Å². The van der Waals surface area contributed by atoms with E-state index < -0.39 is 10.0 Å². The molecule has 6 nitrogen and oxygen atoms in total. The zero-order valence-electron chi connectivity index (χ0n) is 19.6. The summed E-state index contributed by atoms with van der Waals surface area (Å²) in [5.74, 6) is -0.188. The molecule has 0 saturated carbocycles. The summed E-state index contributed by atoms with van der Waals surface area (Å²) in [5, 5.41) is 2.98. The number of hydrogen-bond acceptors (Lipinski definition) is 4. The normalized spacial score (nSPS) is 12.3. The summed E-state index contributed by atoms with van der Waals surface area (Å²) in [6.45, 7) is 8.15. The topological polar surface area (TPSA) is 84.5 Å². The van der Waals surface area contributed by atoms with Crippen LogP contribution in [0.1, 0.15) is 51.1 Å². The summed E-state index contributed by atoms with van der Waals surface area (Å²) >= 11 is 0. The highest BCUT2D eigenvalue weighted by molar-refractivity contribution is 7.89. The van der Waals surface area contributed by atoms with Gasteiger partial charge in [-0.1, -0.05) is 42.5 Å². The highest BCUT2D eigenvalue weighted by atomic mass is 32.2. The lowest BCUT2D eigenvalue weighted by Gasteiger charge is -2.19. The van der Waals surface area contributed by atoms with E-state index in [0.717, 1.165) is 22.3 Å². The standard InChI is InChI=1S/C26H30N2O4S/c1-17-13-19(3)23(14-18(17)2)20(4)28-26(29)22-11-12-24(32-5)25(15-22)33(30,31)27-16-21-9-7-6-8-10-21/h6-15,20,27H,16H2,1-5H3,(H,28,29). The second kappa shape index (κ2) is 10.2. The minimum absolute atomic E-state index is 0.0800. The highest BCUT2D eigenvalue weighted by Gasteiger charge is 2.22. The van der Waals surface area contributed by atoms with Gasteiger partial charge in [0.15, 0.2) is 0 Å². The van der Waals surface area contributed by atoms with E-state index in [0.29, 0.717) is 0 Å². The van der Waals surface area contributed by atoms with E-state index in [9.17, 15) is 13.2 Å². The van der Waals surface area contributed by atoms with Crippen molar-refractivity contribution in [2.45, 2.75) is 45.2 Å². The summed E-state index contributed by atoms with van der Waals surface area (Å²) in [4.78, 5) is 12.9. The molecule has 174 valence electrons. The van der Waals surface area contributed by atoms with E-state index in [2.05, 4.69) is 29.1 Å². The SMILES string of the molecule is COc1ccc(C(=O)NC(C)c2cc(C)c(C)cc2C)cc1S(=O)(=O)NCc1ccccc1. The minimum atomic E-state index is -3.91. The van der Waals surface area contributed by atoms with Gasteiger partial charge in [0.1, 0.15) is 10.6 Å². The summed E-state index contributed by atoms with van der Waals surface area (Å²) in [7, 11) is -2.51. The van der Waals surface area contributed by atoms with E-state index in [1.165, 1.54) is 24.8 Å². The molecule has 0 heterocycles. The van der Waals surface area contributed by atoms with Crippen molar-refractivity contribution in [2.75, 3.05) is 7.11 Å². The van der Waals surface area contributed by atoms with Gasteiger partial charge >= 0.3 is 0 Å². The monoisotopic (exact) mass is 466 g/mol. The van der Waals surface area contributed by atoms with Gasteiger partial charge in [0.05, 0.1) is 13.2 Å². The third-order valence-electron chi connectivity index (χ3n) is 5.72. The first kappa shape index (κ1) is 24.5. The third-order valence-corrected chi connectivity index (χ3v) is 7.14. The Hall–Kier alpha value is -3.16. The number of ether oxygens (including phenoxy) is 1. The van der Waals surface area contributed by atoms with Crippen LogP contribution in [-0.4, -0.2) is 21.4 Å². The lowest BCUT2D eigenvalue weighted by molar-refractivity contribution is 0.0939. The average Bonchev–Trinajstić information content (AvgIpc) is 2.80. The molecule has 33 heavy (non-hydrogen) atoms. The van der Waals surface area contributed by atoms with Crippen LogP contribution in [0, 0.1) is 20.8 Å². The Morgan fingerprint density at radius 3 is 2.27 bits per heavy atom. The van der Waals surface area contributed by atoms with Crippen LogP contribution in [0.25, 0.3) is 0 Å². The largest absolute Gasteiger partial charge is 0.495 e. The molecule has 1 unspecified atom stereocenters. The van der Waals surface area contributed by atoms with Gasteiger partial charge in [0, 0.05) is 12.1 Å². The molecule has 0 saturated heterocycles. The smallest absolute Gasteiger partial charge is 0.251 e. The minimum Gasteiger partial charge on any atom is -0.495 e. The molecule has 0 aromatic heterocycles. The van der Waals surface area contributed by atoms with Crippen molar-refractivity contribution in [3.05, 3.63) is 94.0 Å². The van der Waals surface area contributed by atoms with Crippen molar-refractivity contribution in [3.63, 3.8) is 0 Å². The van der Waals surface area contributed by atoms with Crippen LogP contribution in [0.2, 0.25) is 0 Å². The Kier molecular flexibility index (Phi) is 7.56. The van der Waals surface area contributed by atoms with Crippen LogP contribution in [0.3, 0.4) is 0 Å². The number of methoxy groups -OCH3 is 1. The zero-order chi connectivity index (χ0) is 24.2. The molecule has 7 heteroatoms. The summed E-state index contributed by atoms with van der Waals surface area (Å²) in [6, 6.07) is 17.6. The van der Waals surface area contributed by atoms with Gasteiger partial charge in [-0.25, -0.2) is 13.1 Å². The van der Waals surface area contributed by atoms with Crippen molar-refractivity contribution in [1.29, 1.82) is 0 Å². The molecule has 3 aromatic rings. The number of hydrogen-bond donors (Lipinski definition) is 2. The molecule has 3 aromatic carbocycles. The number of rotatable bonds is 8. The predicted molar refractivity (Wildman–Crippen MR) is 130 cm³/mol. The van der Waals surface area contributed by atoms with E-state index in [1.807, 2.05) is 51.1 Å². The van der Waals surface area contributed by atoms with Gasteiger partial charge in [-0.05, 0) is 73.7 Å². The number of nitrogens with one attached hydrogen (secondary N) is 2. The van der Waals surface area contributed by atoms with Gasteiger partial charge in [-0.3, -0.25) is 4.79 Å². The van der Waals surface area contributed by atoms with E-state index in [4.69, 9.17) is 4.74 Å². The van der Waals surface area contributed by atoms with Gasteiger partial charge in [-0.2, -0.15) is 0 Å². The number of sulfonamides is 1. The fourth-order valence-corrected chi connectivity index (χ4v) is 4.90. The van der Waals surface area contributed by atoms with Crippen LogP contribution in [0.15, 0.2) is 65.6 Å². The third kappa shape index (κ3) is 5.80. The fourth-order valence-electron chi connectivity index (χ4n) is 3.69. The molecule has 1 atom stereocenters. The van der Waals surface area contributed by atoms with Crippen molar-refractivity contribution < 1.29 is 17.9 Å². The molecule has 2 N–H and O–H groups in total. The Morgan fingerprint density at radius 1 is 0.939 bits per heavy atom. The van der Waals surface area contributed by atoms with Crippen molar-refractivity contribution >= 4 is 15.9 Å². The first-order valence-corrected chi connectivity index (χ1v) is 12.2. The van der Waals surface area contributed by atoms with Crippen LogP contribution >= 0.6 is 0 Å². The molecule has 0 aliphatic rings. The Morgan fingerprint density at radius 2 is 1.61 bits per heavy atom. The Labute approximate surface area is 196 Å². The number of carbonyl (C=O) groups excluding carboxylic acids is 1. The fraction of sp³-hybridized carbons (Fsp3) is 0.269. The first-order chi connectivity index (χ1) is 15.6. The quantitative estimate of drug-likeness (QED) is 0.509. The predicted octanol–water partition coefficient (Wildman–Crippen LogP) is 4.59. The summed E-state index contributed by atoms with van der Waals surface area (Å²) in [5.41, 5.74) is 5.53. The van der Waals surface area contributed by atoms with Crippen LogP contribution in [0.4, 0.5) is 0 Å². The van der Waals surface area contributed by atoms with Gasteiger partial charge in [0.2, 0.25) is 10.0 Å². The molecule has 0 aliphatic heterocycles. The Bertz CT molecular complexity index is 1250. The lowest BCUT2D eigenvalue weighted by atomic mass is 9.96. The maximum atomic E-state index is 13.0. The van der Waals surface area contributed by atoms with Crippen LogP contribution in [0.5, 0.6) is 5.75 Å². The molecule has 0 fully saturated rings. The molecular formula is C26H30N2O4S.